The van der Waals surface area contributed by atoms with Gasteiger partial charge in [-0.25, -0.2) is 0 Å². The fourth-order valence-corrected chi connectivity index (χ4v) is 2.08. The maximum atomic E-state index is 5.56. The molecule has 96 valence electrons. The van der Waals surface area contributed by atoms with Crippen LogP contribution in [0.3, 0.4) is 0 Å². The summed E-state index contributed by atoms with van der Waals surface area (Å²) in [5.74, 6) is 0.956. The van der Waals surface area contributed by atoms with Gasteiger partial charge in [0.1, 0.15) is 5.75 Å². The summed E-state index contributed by atoms with van der Waals surface area (Å²) >= 11 is 0. The van der Waals surface area contributed by atoms with Crippen LogP contribution in [0.15, 0.2) is 24.3 Å². The molecule has 0 aliphatic heterocycles. The molecule has 1 atom stereocenters. The molecule has 0 bridgehead atoms. The van der Waals surface area contributed by atoms with E-state index < -0.39 is 0 Å². The third-order valence-electron chi connectivity index (χ3n) is 2.78. The number of hydrogen-bond acceptors (Lipinski definition) is 2. The monoisotopic (exact) mass is 235 g/mol. The lowest BCUT2D eigenvalue weighted by Crippen LogP contribution is -2.32. The Morgan fingerprint density at radius 2 is 1.94 bits per heavy atom. The van der Waals surface area contributed by atoms with Crippen molar-refractivity contribution in [3.63, 3.8) is 0 Å². The lowest BCUT2D eigenvalue weighted by Gasteiger charge is -2.32. The molecule has 1 unspecified atom stereocenters. The third kappa shape index (κ3) is 4.04. The van der Waals surface area contributed by atoms with Gasteiger partial charge in [0.15, 0.2) is 0 Å². The molecule has 17 heavy (non-hydrogen) atoms. The van der Waals surface area contributed by atoms with Crippen LogP contribution in [0.2, 0.25) is 0 Å². The molecule has 0 aliphatic carbocycles. The molecule has 0 heterocycles. The molecule has 1 rings (SSSR count). The highest BCUT2D eigenvalue weighted by molar-refractivity contribution is 5.31. The van der Waals surface area contributed by atoms with E-state index in [1.165, 1.54) is 5.56 Å². The highest BCUT2D eigenvalue weighted by Crippen LogP contribution is 2.33. The predicted molar refractivity (Wildman–Crippen MR) is 73.5 cm³/mol. The van der Waals surface area contributed by atoms with Crippen molar-refractivity contribution in [1.82, 2.24) is 5.32 Å². The first-order valence-corrected chi connectivity index (χ1v) is 6.45. The van der Waals surface area contributed by atoms with Crippen LogP contribution in [0.1, 0.15) is 46.2 Å². The van der Waals surface area contributed by atoms with Crippen LogP contribution in [-0.4, -0.2) is 13.2 Å². The van der Waals surface area contributed by atoms with Gasteiger partial charge in [-0.1, -0.05) is 39.8 Å². The molecule has 2 heteroatoms. The standard InChI is InChI=1S/C15H25NO/c1-6-16-14(15(3,4)5)12-9-8-10-13(11-12)17-7-2/h8-11,14,16H,6-7H2,1-5H3. The molecule has 1 aromatic carbocycles. The minimum atomic E-state index is 0.195. The zero-order chi connectivity index (χ0) is 12.9. The van der Waals surface area contributed by atoms with E-state index in [0.717, 1.165) is 12.3 Å². The highest BCUT2D eigenvalue weighted by atomic mass is 16.5. The average Bonchev–Trinajstić information content (AvgIpc) is 2.25. The Hall–Kier alpha value is -1.02. The van der Waals surface area contributed by atoms with Gasteiger partial charge in [0.2, 0.25) is 0 Å². The first kappa shape index (κ1) is 14.0. The summed E-state index contributed by atoms with van der Waals surface area (Å²) in [5.41, 5.74) is 1.49. The van der Waals surface area contributed by atoms with Gasteiger partial charge in [0.05, 0.1) is 6.61 Å². The average molecular weight is 235 g/mol. The Kier molecular flexibility index (Phi) is 5.01. The fraction of sp³-hybridized carbons (Fsp3) is 0.600. The Morgan fingerprint density at radius 1 is 1.24 bits per heavy atom. The van der Waals surface area contributed by atoms with E-state index in [2.05, 4.69) is 51.2 Å². The van der Waals surface area contributed by atoms with Crippen molar-refractivity contribution < 1.29 is 4.74 Å². The highest BCUT2D eigenvalue weighted by Gasteiger charge is 2.25. The van der Waals surface area contributed by atoms with Crippen LogP contribution in [0, 0.1) is 5.41 Å². The Balaban J connectivity index is 2.97. The second-order valence-electron chi connectivity index (χ2n) is 5.36. The summed E-state index contributed by atoms with van der Waals surface area (Å²) in [6.07, 6.45) is 0. The second kappa shape index (κ2) is 6.06. The second-order valence-corrected chi connectivity index (χ2v) is 5.36. The summed E-state index contributed by atoms with van der Waals surface area (Å²) in [5, 5.41) is 3.55. The molecule has 0 fully saturated rings. The van der Waals surface area contributed by atoms with Crippen molar-refractivity contribution in [2.45, 2.75) is 40.7 Å². The van der Waals surface area contributed by atoms with Crippen molar-refractivity contribution in [1.29, 1.82) is 0 Å². The molecule has 0 saturated heterocycles. The molecule has 1 aromatic rings. The topological polar surface area (TPSA) is 21.3 Å². The van der Waals surface area contributed by atoms with Gasteiger partial charge in [-0.2, -0.15) is 0 Å². The minimum Gasteiger partial charge on any atom is -0.494 e. The maximum absolute atomic E-state index is 5.56. The van der Waals surface area contributed by atoms with Crippen LogP contribution in [0.4, 0.5) is 0 Å². The molecule has 0 amide bonds. The first-order valence-electron chi connectivity index (χ1n) is 6.45. The van der Waals surface area contributed by atoms with Crippen molar-refractivity contribution in [3.8, 4) is 5.75 Å². The summed E-state index contributed by atoms with van der Waals surface area (Å²) in [6, 6.07) is 8.74. The van der Waals surface area contributed by atoms with E-state index in [0.29, 0.717) is 12.6 Å². The predicted octanol–water partition coefficient (Wildman–Crippen LogP) is 3.78. The molecule has 0 saturated carbocycles. The number of hydrogen-bond donors (Lipinski definition) is 1. The van der Waals surface area contributed by atoms with Gasteiger partial charge in [-0.15, -0.1) is 0 Å². The van der Waals surface area contributed by atoms with Gasteiger partial charge in [-0.3, -0.25) is 0 Å². The molecule has 1 N–H and O–H groups in total. The summed E-state index contributed by atoms with van der Waals surface area (Å²) in [4.78, 5) is 0. The van der Waals surface area contributed by atoms with Gasteiger partial charge < -0.3 is 10.1 Å². The van der Waals surface area contributed by atoms with Crippen molar-refractivity contribution in [2.24, 2.45) is 5.41 Å². The number of rotatable bonds is 5. The molecule has 0 radical (unpaired) electrons. The van der Waals surface area contributed by atoms with Crippen LogP contribution < -0.4 is 10.1 Å². The van der Waals surface area contributed by atoms with E-state index >= 15 is 0 Å². The van der Waals surface area contributed by atoms with Crippen LogP contribution in [0.5, 0.6) is 5.75 Å². The zero-order valence-electron chi connectivity index (χ0n) is 11.7. The van der Waals surface area contributed by atoms with Crippen molar-refractivity contribution in [3.05, 3.63) is 29.8 Å². The molecule has 0 aromatic heterocycles. The molecule has 2 nitrogen and oxygen atoms in total. The van der Waals surface area contributed by atoms with Crippen molar-refractivity contribution in [2.75, 3.05) is 13.2 Å². The normalized spacial score (nSPS) is 13.5. The molecule has 0 spiro atoms. The Bertz CT molecular complexity index is 341. The maximum Gasteiger partial charge on any atom is 0.119 e. The van der Waals surface area contributed by atoms with Crippen LogP contribution in [-0.2, 0) is 0 Å². The summed E-state index contributed by atoms with van der Waals surface area (Å²) in [7, 11) is 0. The third-order valence-corrected chi connectivity index (χ3v) is 2.78. The van der Waals surface area contributed by atoms with Gasteiger partial charge in [0, 0.05) is 6.04 Å². The van der Waals surface area contributed by atoms with Gasteiger partial charge in [0.25, 0.3) is 0 Å². The minimum absolute atomic E-state index is 0.195. The number of nitrogens with one attached hydrogen (secondary N) is 1. The van der Waals surface area contributed by atoms with E-state index in [1.54, 1.807) is 0 Å². The summed E-state index contributed by atoms with van der Waals surface area (Å²) < 4.78 is 5.56. The van der Waals surface area contributed by atoms with Crippen LogP contribution in [0.25, 0.3) is 0 Å². The van der Waals surface area contributed by atoms with Gasteiger partial charge >= 0.3 is 0 Å². The zero-order valence-corrected chi connectivity index (χ0v) is 11.7. The van der Waals surface area contributed by atoms with E-state index in [1.807, 2.05) is 13.0 Å². The smallest absolute Gasteiger partial charge is 0.119 e. The fourth-order valence-electron chi connectivity index (χ4n) is 2.08. The number of benzene rings is 1. The van der Waals surface area contributed by atoms with E-state index in [4.69, 9.17) is 4.74 Å². The SMILES string of the molecule is CCNC(c1cccc(OCC)c1)C(C)(C)C. The van der Waals surface area contributed by atoms with Crippen LogP contribution >= 0.6 is 0 Å². The van der Waals surface area contributed by atoms with Crippen molar-refractivity contribution >= 4 is 0 Å². The molecule has 0 aliphatic rings. The Labute approximate surface area is 105 Å². The quantitative estimate of drug-likeness (QED) is 0.838. The number of ether oxygens (including phenoxy) is 1. The Morgan fingerprint density at radius 3 is 2.47 bits per heavy atom. The lowest BCUT2D eigenvalue weighted by atomic mass is 9.82. The summed E-state index contributed by atoms with van der Waals surface area (Å²) in [6.45, 7) is 12.6. The molecular formula is C15H25NO. The van der Waals surface area contributed by atoms with Gasteiger partial charge in [-0.05, 0) is 36.6 Å². The van der Waals surface area contributed by atoms with E-state index in [-0.39, 0.29) is 5.41 Å². The molecular weight excluding hydrogens is 210 g/mol. The lowest BCUT2D eigenvalue weighted by molar-refractivity contribution is 0.275. The van der Waals surface area contributed by atoms with E-state index in [9.17, 15) is 0 Å². The first-order chi connectivity index (χ1) is 7.99. The largest absolute Gasteiger partial charge is 0.494 e.